The fourth-order valence-electron chi connectivity index (χ4n) is 2.71. The van der Waals surface area contributed by atoms with E-state index >= 15 is 0 Å². The summed E-state index contributed by atoms with van der Waals surface area (Å²) in [6.45, 7) is 3.36. The van der Waals surface area contributed by atoms with Crippen LogP contribution in [0.1, 0.15) is 39.0 Å². The van der Waals surface area contributed by atoms with Crippen LogP contribution >= 0.6 is 0 Å². The van der Waals surface area contributed by atoms with E-state index in [2.05, 4.69) is 12.2 Å². The van der Waals surface area contributed by atoms with Crippen LogP contribution in [0.25, 0.3) is 0 Å². The quantitative estimate of drug-likeness (QED) is 0.799. The highest BCUT2D eigenvalue weighted by Gasteiger charge is 2.26. The van der Waals surface area contributed by atoms with Crippen molar-refractivity contribution in [2.75, 3.05) is 24.7 Å². The molecule has 0 aromatic heterocycles. The highest BCUT2D eigenvalue weighted by atomic mass is 16.5. The number of nitrogens with two attached hydrogens (primary N) is 1. The Hall–Kier alpha value is -1.38. The summed E-state index contributed by atoms with van der Waals surface area (Å²) < 4.78 is 5.23. The normalized spacial score (nSPS) is 18.3. The van der Waals surface area contributed by atoms with Crippen LogP contribution in [-0.4, -0.2) is 13.7 Å². The van der Waals surface area contributed by atoms with Crippen molar-refractivity contribution < 1.29 is 4.74 Å². The molecule has 2 rings (SSSR count). The van der Waals surface area contributed by atoms with Crippen molar-refractivity contribution in [2.24, 2.45) is 5.41 Å². The molecular formula is C15H24N2O. The molecule has 1 aliphatic rings. The van der Waals surface area contributed by atoms with Gasteiger partial charge in [-0.15, -0.1) is 0 Å². The standard InChI is InChI=1S/C15H24N2O/c1-15(8-4-3-5-9-15)11-17-14-10-12(18-2)6-7-13(14)16/h6-7,10,17H,3-5,8-9,11,16H2,1-2H3. The van der Waals surface area contributed by atoms with Gasteiger partial charge in [0.2, 0.25) is 0 Å². The third-order valence-corrected chi connectivity index (χ3v) is 4.03. The lowest BCUT2D eigenvalue weighted by molar-refractivity contribution is 0.233. The Labute approximate surface area is 110 Å². The van der Waals surface area contributed by atoms with Gasteiger partial charge in [-0.05, 0) is 30.4 Å². The zero-order valence-electron chi connectivity index (χ0n) is 11.5. The monoisotopic (exact) mass is 248 g/mol. The van der Waals surface area contributed by atoms with Gasteiger partial charge in [-0.3, -0.25) is 0 Å². The molecule has 1 aromatic rings. The van der Waals surface area contributed by atoms with E-state index in [4.69, 9.17) is 10.5 Å². The van der Waals surface area contributed by atoms with Gasteiger partial charge in [0.15, 0.2) is 0 Å². The first-order valence-corrected chi connectivity index (χ1v) is 6.80. The third-order valence-electron chi connectivity index (χ3n) is 4.03. The van der Waals surface area contributed by atoms with E-state index in [-0.39, 0.29) is 0 Å². The predicted molar refractivity (Wildman–Crippen MR) is 77.1 cm³/mol. The summed E-state index contributed by atoms with van der Waals surface area (Å²) in [6, 6.07) is 5.76. The fourth-order valence-corrected chi connectivity index (χ4v) is 2.71. The summed E-state index contributed by atoms with van der Waals surface area (Å²) >= 11 is 0. The number of hydrogen-bond acceptors (Lipinski definition) is 3. The molecule has 0 unspecified atom stereocenters. The molecule has 0 aliphatic heterocycles. The number of nitrogen functional groups attached to an aromatic ring is 1. The lowest BCUT2D eigenvalue weighted by Gasteiger charge is -2.34. The van der Waals surface area contributed by atoms with E-state index in [1.807, 2.05) is 18.2 Å². The van der Waals surface area contributed by atoms with Crippen molar-refractivity contribution in [2.45, 2.75) is 39.0 Å². The first-order valence-electron chi connectivity index (χ1n) is 6.80. The Balaban J connectivity index is 2.00. The zero-order valence-corrected chi connectivity index (χ0v) is 11.5. The van der Waals surface area contributed by atoms with E-state index in [9.17, 15) is 0 Å². The molecule has 0 bridgehead atoms. The van der Waals surface area contributed by atoms with E-state index in [0.29, 0.717) is 5.41 Å². The Morgan fingerprint density at radius 2 is 2.00 bits per heavy atom. The molecule has 0 spiro atoms. The number of hydrogen-bond donors (Lipinski definition) is 2. The minimum Gasteiger partial charge on any atom is -0.497 e. The van der Waals surface area contributed by atoms with Gasteiger partial charge in [-0.2, -0.15) is 0 Å². The zero-order chi connectivity index (χ0) is 13.0. The van der Waals surface area contributed by atoms with Crippen LogP contribution in [0.4, 0.5) is 11.4 Å². The number of rotatable bonds is 4. The lowest BCUT2D eigenvalue weighted by Crippen LogP contribution is -2.29. The van der Waals surface area contributed by atoms with Crippen molar-refractivity contribution in [1.82, 2.24) is 0 Å². The highest BCUT2D eigenvalue weighted by Crippen LogP contribution is 2.36. The topological polar surface area (TPSA) is 47.3 Å². The van der Waals surface area contributed by atoms with Crippen LogP contribution in [0.5, 0.6) is 5.75 Å². The molecule has 0 saturated heterocycles. The first-order chi connectivity index (χ1) is 8.63. The Morgan fingerprint density at radius 3 is 2.67 bits per heavy atom. The molecular weight excluding hydrogens is 224 g/mol. The van der Waals surface area contributed by atoms with Gasteiger partial charge in [0.1, 0.15) is 5.75 Å². The summed E-state index contributed by atoms with van der Waals surface area (Å²) in [5.74, 6) is 0.848. The second kappa shape index (κ2) is 5.51. The molecule has 100 valence electrons. The maximum absolute atomic E-state index is 5.98. The van der Waals surface area contributed by atoms with E-state index in [1.165, 1.54) is 32.1 Å². The van der Waals surface area contributed by atoms with Crippen molar-refractivity contribution in [3.63, 3.8) is 0 Å². The number of methoxy groups -OCH3 is 1. The number of benzene rings is 1. The second-order valence-corrected chi connectivity index (χ2v) is 5.68. The van der Waals surface area contributed by atoms with Crippen LogP contribution in [0, 0.1) is 5.41 Å². The molecule has 3 N–H and O–H groups in total. The largest absolute Gasteiger partial charge is 0.497 e. The summed E-state index contributed by atoms with van der Waals surface area (Å²) in [6.07, 6.45) is 6.71. The molecule has 1 aromatic carbocycles. The summed E-state index contributed by atoms with van der Waals surface area (Å²) in [7, 11) is 1.68. The molecule has 1 fully saturated rings. The Morgan fingerprint density at radius 1 is 1.28 bits per heavy atom. The van der Waals surface area contributed by atoms with Gasteiger partial charge in [0.25, 0.3) is 0 Å². The lowest BCUT2D eigenvalue weighted by atomic mass is 9.76. The molecule has 1 aliphatic carbocycles. The molecule has 3 nitrogen and oxygen atoms in total. The van der Waals surface area contributed by atoms with E-state index in [0.717, 1.165) is 23.7 Å². The van der Waals surface area contributed by atoms with Gasteiger partial charge in [0.05, 0.1) is 18.5 Å². The third kappa shape index (κ3) is 3.09. The minimum atomic E-state index is 0.410. The predicted octanol–water partition coefficient (Wildman–Crippen LogP) is 3.66. The number of ether oxygens (including phenoxy) is 1. The maximum atomic E-state index is 5.98. The van der Waals surface area contributed by atoms with Gasteiger partial charge in [-0.1, -0.05) is 26.2 Å². The first kappa shape index (κ1) is 13.1. The molecule has 3 heteroatoms. The fraction of sp³-hybridized carbons (Fsp3) is 0.600. The van der Waals surface area contributed by atoms with Crippen molar-refractivity contribution in [3.05, 3.63) is 18.2 Å². The molecule has 18 heavy (non-hydrogen) atoms. The van der Waals surface area contributed by atoms with Crippen molar-refractivity contribution >= 4 is 11.4 Å². The molecule has 0 amide bonds. The van der Waals surface area contributed by atoms with Crippen molar-refractivity contribution in [3.8, 4) is 5.75 Å². The van der Waals surface area contributed by atoms with E-state index in [1.54, 1.807) is 7.11 Å². The van der Waals surface area contributed by atoms with Gasteiger partial charge in [-0.25, -0.2) is 0 Å². The van der Waals surface area contributed by atoms with Gasteiger partial charge in [0, 0.05) is 12.6 Å². The average molecular weight is 248 g/mol. The second-order valence-electron chi connectivity index (χ2n) is 5.68. The summed E-state index contributed by atoms with van der Waals surface area (Å²) in [4.78, 5) is 0. The summed E-state index contributed by atoms with van der Waals surface area (Å²) in [5, 5.41) is 3.49. The smallest absolute Gasteiger partial charge is 0.121 e. The molecule has 0 atom stereocenters. The Bertz CT molecular complexity index is 397. The van der Waals surface area contributed by atoms with Crippen molar-refractivity contribution in [1.29, 1.82) is 0 Å². The van der Waals surface area contributed by atoms with Crippen LogP contribution in [0.3, 0.4) is 0 Å². The summed E-state index contributed by atoms with van der Waals surface area (Å²) in [5.41, 5.74) is 8.17. The maximum Gasteiger partial charge on any atom is 0.121 e. The van der Waals surface area contributed by atoms with Crippen LogP contribution in [-0.2, 0) is 0 Å². The highest BCUT2D eigenvalue weighted by molar-refractivity contribution is 5.68. The van der Waals surface area contributed by atoms with E-state index < -0.39 is 0 Å². The molecule has 0 heterocycles. The van der Waals surface area contributed by atoms with Gasteiger partial charge < -0.3 is 15.8 Å². The SMILES string of the molecule is COc1ccc(N)c(NCC2(C)CCCCC2)c1. The molecule has 1 saturated carbocycles. The minimum absolute atomic E-state index is 0.410. The number of anilines is 2. The number of nitrogens with one attached hydrogen (secondary N) is 1. The van der Waals surface area contributed by atoms with Crippen LogP contribution in [0.15, 0.2) is 18.2 Å². The average Bonchev–Trinajstić information content (AvgIpc) is 2.39. The van der Waals surface area contributed by atoms with Crippen LogP contribution in [0.2, 0.25) is 0 Å². The Kier molecular flexibility index (Phi) is 4.00. The van der Waals surface area contributed by atoms with Crippen LogP contribution < -0.4 is 15.8 Å². The van der Waals surface area contributed by atoms with Gasteiger partial charge >= 0.3 is 0 Å². The molecule has 0 radical (unpaired) electrons.